The summed E-state index contributed by atoms with van der Waals surface area (Å²) in [6, 6.07) is 4.60. The molecule has 4 bridgehead atoms. The first-order chi connectivity index (χ1) is 18.9. The quantitative estimate of drug-likeness (QED) is 0.326. The predicted molar refractivity (Wildman–Crippen MR) is 164 cm³/mol. The summed E-state index contributed by atoms with van der Waals surface area (Å²) in [6.07, 6.45) is 45.9. The van der Waals surface area contributed by atoms with Crippen LogP contribution in [0.5, 0.6) is 0 Å². The summed E-state index contributed by atoms with van der Waals surface area (Å²) in [5, 5.41) is 0. The van der Waals surface area contributed by atoms with Crippen LogP contribution in [0.3, 0.4) is 0 Å². The summed E-state index contributed by atoms with van der Waals surface area (Å²) in [7, 11) is 0. The van der Waals surface area contributed by atoms with Gasteiger partial charge >= 0.3 is 0 Å². The van der Waals surface area contributed by atoms with Gasteiger partial charge in [0.05, 0.1) is 12.7 Å². The first-order valence-corrected chi connectivity index (χ1v) is 17.1. The van der Waals surface area contributed by atoms with E-state index in [1.807, 2.05) is 0 Å². The van der Waals surface area contributed by atoms with Crippen molar-refractivity contribution < 1.29 is 9.47 Å². The number of aryl methyl sites for hydroxylation is 2. The van der Waals surface area contributed by atoms with Crippen molar-refractivity contribution in [3.63, 3.8) is 0 Å². The fourth-order valence-electron chi connectivity index (χ4n) is 6.41. The van der Waals surface area contributed by atoms with Crippen LogP contribution in [0.15, 0.2) is 48.5 Å². The van der Waals surface area contributed by atoms with Gasteiger partial charge in [0.2, 0.25) is 0 Å². The van der Waals surface area contributed by atoms with Gasteiger partial charge in [-0.1, -0.05) is 109 Å². The van der Waals surface area contributed by atoms with Gasteiger partial charge in [-0.15, -0.1) is 0 Å². The van der Waals surface area contributed by atoms with Crippen molar-refractivity contribution in [2.24, 2.45) is 0 Å². The SMILES string of the molecule is C1=CC2=C[NH+](C1)CCCCCCCCCCCCCc1ccc[n+](c1)CCCCCCCCCCCCC2. The molecule has 1 aromatic heterocycles. The number of rotatable bonds is 0. The lowest BCUT2D eigenvalue weighted by Crippen LogP contribution is -3.07. The van der Waals surface area contributed by atoms with Crippen molar-refractivity contribution in [2.75, 3.05) is 13.1 Å². The van der Waals surface area contributed by atoms with Gasteiger partial charge in [0, 0.05) is 23.6 Å². The maximum atomic E-state index is 2.55. The molecule has 3 heterocycles. The van der Waals surface area contributed by atoms with Crippen molar-refractivity contribution in [2.45, 2.75) is 161 Å². The van der Waals surface area contributed by atoms with E-state index in [1.54, 1.807) is 10.5 Å². The van der Waals surface area contributed by atoms with Gasteiger partial charge in [0.1, 0.15) is 13.1 Å². The standard InChI is InChI=1S/C36H61N2/c1-3-7-11-15-19-25-35-27-23-32-38(33-35)30-22-18-14-10-6-2-4-8-12-16-20-26-36-28-24-31-37(34-36)29-21-17-13-9-5-1/h23-24,27-28,31,33-34H,1-22,25-26,29-30,32H2/q+1/p+1. The van der Waals surface area contributed by atoms with Gasteiger partial charge in [-0.2, -0.15) is 0 Å². The molecule has 1 aromatic rings. The molecule has 0 saturated carbocycles. The van der Waals surface area contributed by atoms with Crippen LogP contribution in [-0.2, 0) is 13.0 Å². The van der Waals surface area contributed by atoms with E-state index in [-0.39, 0.29) is 0 Å². The topological polar surface area (TPSA) is 8.32 Å². The molecule has 214 valence electrons. The van der Waals surface area contributed by atoms with Crippen LogP contribution in [0.25, 0.3) is 0 Å². The van der Waals surface area contributed by atoms with Crippen LogP contribution in [-0.4, -0.2) is 13.1 Å². The second-order valence-electron chi connectivity index (χ2n) is 12.5. The number of pyridine rings is 1. The zero-order valence-corrected chi connectivity index (χ0v) is 25.1. The van der Waals surface area contributed by atoms with Crippen LogP contribution in [0, 0.1) is 0 Å². The second kappa shape index (κ2) is 21.4. The van der Waals surface area contributed by atoms with Gasteiger partial charge in [-0.3, -0.25) is 0 Å². The van der Waals surface area contributed by atoms with E-state index in [0.717, 1.165) is 0 Å². The molecule has 0 aliphatic carbocycles. The Morgan fingerprint density at radius 3 is 1.71 bits per heavy atom. The minimum atomic E-state index is 1.19. The molecule has 2 aliphatic heterocycles. The monoisotopic (exact) mass is 522 g/mol. The Balaban J connectivity index is 1.33. The van der Waals surface area contributed by atoms with Gasteiger partial charge < -0.3 is 4.90 Å². The molecule has 0 aromatic carbocycles. The highest BCUT2D eigenvalue weighted by atomic mass is 15.1. The summed E-state index contributed by atoms with van der Waals surface area (Å²) in [5.41, 5.74) is 3.14. The molecule has 1 unspecified atom stereocenters. The Kier molecular flexibility index (Phi) is 17.5. The van der Waals surface area contributed by atoms with Crippen molar-refractivity contribution in [3.8, 4) is 0 Å². The lowest BCUT2D eigenvalue weighted by Gasteiger charge is -2.18. The summed E-state index contributed by atoms with van der Waals surface area (Å²) in [6.45, 7) is 3.73. The molecular formula is C36H62N2+2. The highest BCUT2D eigenvalue weighted by Crippen LogP contribution is 2.16. The summed E-state index contributed by atoms with van der Waals surface area (Å²) in [4.78, 5) is 1.69. The predicted octanol–water partition coefficient (Wildman–Crippen LogP) is 8.84. The number of hydrogen-bond donors (Lipinski definition) is 1. The highest BCUT2D eigenvalue weighted by molar-refractivity contribution is 5.18. The Morgan fingerprint density at radius 1 is 0.553 bits per heavy atom. The number of hydrogen-bond acceptors (Lipinski definition) is 0. The molecular weight excluding hydrogens is 460 g/mol. The van der Waals surface area contributed by atoms with E-state index in [1.165, 1.54) is 179 Å². The zero-order chi connectivity index (χ0) is 26.4. The van der Waals surface area contributed by atoms with Crippen LogP contribution in [0.4, 0.5) is 0 Å². The van der Waals surface area contributed by atoms with E-state index in [4.69, 9.17) is 0 Å². The van der Waals surface area contributed by atoms with Crippen LogP contribution in [0.2, 0.25) is 0 Å². The van der Waals surface area contributed by atoms with Gasteiger partial charge in [0.25, 0.3) is 0 Å². The molecule has 2 aliphatic rings. The van der Waals surface area contributed by atoms with Crippen molar-refractivity contribution in [1.29, 1.82) is 0 Å². The smallest absolute Gasteiger partial charge is 0.171 e. The largest absolute Gasteiger partial charge is 0.305 e. The lowest BCUT2D eigenvalue weighted by molar-refractivity contribution is -0.841. The number of nitrogens with one attached hydrogen (secondary N) is 1. The number of aromatic nitrogens is 1. The summed E-state index contributed by atoms with van der Waals surface area (Å²) >= 11 is 0. The number of nitrogens with zero attached hydrogens (tertiary/aromatic N) is 1. The molecule has 1 N–H and O–H groups in total. The third-order valence-electron chi connectivity index (χ3n) is 8.87. The molecule has 38 heavy (non-hydrogen) atoms. The minimum absolute atomic E-state index is 1.19. The Hall–Kier alpha value is -1.41. The molecule has 0 amide bonds. The zero-order valence-electron chi connectivity index (χ0n) is 25.1. The molecule has 0 saturated heterocycles. The van der Waals surface area contributed by atoms with Crippen molar-refractivity contribution >= 4 is 0 Å². The van der Waals surface area contributed by atoms with Crippen LogP contribution >= 0.6 is 0 Å². The fourth-order valence-corrected chi connectivity index (χ4v) is 6.41. The average molecular weight is 523 g/mol. The van der Waals surface area contributed by atoms with Crippen molar-refractivity contribution in [1.82, 2.24) is 0 Å². The molecule has 0 spiro atoms. The summed E-state index contributed by atoms with van der Waals surface area (Å²) < 4.78 is 2.44. The lowest BCUT2D eigenvalue weighted by atomic mass is 10.0. The highest BCUT2D eigenvalue weighted by Gasteiger charge is 2.10. The minimum Gasteiger partial charge on any atom is -0.305 e. The van der Waals surface area contributed by atoms with E-state index < -0.39 is 0 Å². The number of allylic oxidation sites excluding steroid dienone is 2. The Morgan fingerprint density at radius 2 is 1.08 bits per heavy atom. The normalized spacial score (nSPS) is 23.9. The van der Waals surface area contributed by atoms with Gasteiger partial charge in [0.15, 0.2) is 12.4 Å². The number of quaternary nitrogens is 1. The molecule has 1 atom stereocenters. The second-order valence-corrected chi connectivity index (χ2v) is 12.5. The molecule has 0 radical (unpaired) electrons. The molecule has 3 rings (SSSR count). The number of fused-ring (bicyclic) bond motifs is 3. The maximum absolute atomic E-state index is 2.55. The summed E-state index contributed by atoms with van der Waals surface area (Å²) in [5.74, 6) is 0. The Bertz CT molecular complexity index is 764. The van der Waals surface area contributed by atoms with Crippen LogP contribution in [0.1, 0.15) is 153 Å². The molecule has 2 nitrogen and oxygen atoms in total. The fraction of sp³-hybridized carbons (Fsp3) is 0.750. The molecule has 0 fully saturated rings. The Labute approximate surface area is 237 Å². The van der Waals surface area contributed by atoms with E-state index >= 15 is 0 Å². The first kappa shape index (κ1) is 31.1. The van der Waals surface area contributed by atoms with E-state index in [2.05, 4.69) is 47.4 Å². The van der Waals surface area contributed by atoms with E-state index in [9.17, 15) is 0 Å². The van der Waals surface area contributed by atoms with Crippen molar-refractivity contribution in [3.05, 3.63) is 54.0 Å². The first-order valence-electron chi connectivity index (χ1n) is 17.1. The molecule has 2 heteroatoms. The average Bonchev–Trinajstić information content (AvgIpc) is 2.94. The third-order valence-corrected chi connectivity index (χ3v) is 8.87. The van der Waals surface area contributed by atoms with Crippen LogP contribution < -0.4 is 9.47 Å². The van der Waals surface area contributed by atoms with Gasteiger partial charge in [-0.05, 0) is 57.1 Å². The maximum Gasteiger partial charge on any atom is 0.171 e. The van der Waals surface area contributed by atoms with Gasteiger partial charge in [-0.25, -0.2) is 4.57 Å². The third kappa shape index (κ3) is 15.2. The van der Waals surface area contributed by atoms with E-state index in [0.29, 0.717) is 0 Å².